The largest absolute Gasteiger partial charge is 0.480 e. The molecule has 0 aliphatic rings. The van der Waals surface area contributed by atoms with E-state index in [1.54, 1.807) is 0 Å². The predicted molar refractivity (Wildman–Crippen MR) is 121 cm³/mol. The fourth-order valence-corrected chi connectivity index (χ4v) is 4.35. The fourth-order valence-electron chi connectivity index (χ4n) is 2.55. The standard InChI is InChI=1S/C18H11Cl7O6/c19-9-3-11(21)13(30-5-15(26)27)1-7(9)17(18(23,24)25)8-2-14(31-6-16(28)29)12(22)4-10(8)20/h1-4,17H,5-6H2,(H,26,27)(H,28,29). The first-order chi connectivity index (χ1) is 14.3. The molecule has 2 aromatic carbocycles. The minimum atomic E-state index is -2.02. The summed E-state index contributed by atoms with van der Waals surface area (Å²) in [6.07, 6.45) is 0. The van der Waals surface area contributed by atoms with Gasteiger partial charge >= 0.3 is 11.9 Å². The van der Waals surface area contributed by atoms with Crippen LogP contribution >= 0.6 is 81.2 Å². The van der Waals surface area contributed by atoms with Crippen molar-refractivity contribution in [3.05, 3.63) is 55.5 Å². The number of hydrogen-bond donors (Lipinski definition) is 2. The van der Waals surface area contributed by atoms with Gasteiger partial charge in [0.2, 0.25) is 3.79 Å². The van der Waals surface area contributed by atoms with Crippen LogP contribution in [0.1, 0.15) is 17.0 Å². The van der Waals surface area contributed by atoms with E-state index in [0.29, 0.717) is 0 Å². The Bertz CT molecular complexity index is 932. The SMILES string of the molecule is O=C(O)COc1cc(C(c2cc(OCC(=O)O)c(Cl)cc2Cl)C(Cl)(Cl)Cl)c(Cl)cc1Cl. The normalized spacial score (nSPS) is 11.5. The highest BCUT2D eigenvalue weighted by molar-refractivity contribution is 6.68. The van der Waals surface area contributed by atoms with Gasteiger partial charge in [0.15, 0.2) is 13.2 Å². The van der Waals surface area contributed by atoms with Gasteiger partial charge in [-0.3, -0.25) is 0 Å². The van der Waals surface area contributed by atoms with Crippen LogP contribution in [-0.4, -0.2) is 39.2 Å². The van der Waals surface area contributed by atoms with Gasteiger partial charge in [-0.1, -0.05) is 81.2 Å². The third-order valence-electron chi connectivity index (χ3n) is 3.75. The number of aliphatic carboxylic acids is 2. The molecule has 0 saturated carbocycles. The van der Waals surface area contributed by atoms with E-state index in [2.05, 4.69) is 0 Å². The second-order valence-electron chi connectivity index (χ2n) is 5.95. The first-order valence-corrected chi connectivity index (χ1v) is 10.7. The quantitative estimate of drug-likeness (QED) is 0.342. The van der Waals surface area contributed by atoms with Crippen molar-refractivity contribution in [2.75, 3.05) is 13.2 Å². The van der Waals surface area contributed by atoms with E-state index in [-0.39, 0.29) is 42.7 Å². The summed E-state index contributed by atoms with van der Waals surface area (Å²) in [5.74, 6) is -3.63. The first-order valence-electron chi connectivity index (χ1n) is 8.05. The number of halogens is 7. The Labute approximate surface area is 211 Å². The van der Waals surface area contributed by atoms with Gasteiger partial charge in [0.25, 0.3) is 0 Å². The van der Waals surface area contributed by atoms with Crippen LogP contribution < -0.4 is 9.47 Å². The lowest BCUT2D eigenvalue weighted by Gasteiger charge is -2.28. The maximum Gasteiger partial charge on any atom is 0.341 e. The Morgan fingerprint density at radius 1 is 0.742 bits per heavy atom. The van der Waals surface area contributed by atoms with Gasteiger partial charge < -0.3 is 19.7 Å². The Morgan fingerprint density at radius 3 is 1.39 bits per heavy atom. The summed E-state index contributed by atoms with van der Waals surface area (Å²) < 4.78 is 8.31. The molecule has 0 radical (unpaired) electrons. The average Bonchev–Trinajstić information content (AvgIpc) is 2.62. The Hall–Kier alpha value is -0.990. The van der Waals surface area contributed by atoms with E-state index in [9.17, 15) is 9.59 Å². The van der Waals surface area contributed by atoms with Crippen molar-refractivity contribution < 1.29 is 29.3 Å². The molecule has 13 heteroatoms. The van der Waals surface area contributed by atoms with E-state index in [4.69, 9.17) is 101 Å². The van der Waals surface area contributed by atoms with Crippen molar-refractivity contribution in [2.24, 2.45) is 0 Å². The van der Waals surface area contributed by atoms with Crippen LogP contribution in [0, 0.1) is 0 Å². The molecule has 0 amide bonds. The number of alkyl halides is 3. The summed E-state index contributed by atoms with van der Waals surface area (Å²) in [5.41, 5.74) is 0.389. The van der Waals surface area contributed by atoms with E-state index in [1.165, 1.54) is 24.3 Å². The zero-order valence-corrected chi connectivity index (χ0v) is 20.3. The zero-order valence-electron chi connectivity index (χ0n) is 15.0. The topological polar surface area (TPSA) is 93.1 Å². The lowest BCUT2D eigenvalue weighted by Crippen LogP contribution is -2.20. The number of carbonyl (C=O) groups is 2. The van der Waals surface area contributed by atoms with E-state index >= 15 is 0 Å². The highest BCUT2D eigenvalue weighted by Crippen LogP contribution is 2.52. The second kappa shape index (κ2) is 10.8. The number of ether oxygens (including phenoxy) is 2. The van der Waals surface area contributed by atoms with Gasteiger partial charge in [-0.05, 0) is 35.4 Å². The van der Waals surface area contributed by atoms with Crippen LogP contribution in [0.2, 0.25) is 20.1 Å². The van der Waals surface area contributed by atoms with Crippen molar-refractivity contribution in [2.45, 2.75) is 9.71 Å². The molecule has 168 valence electrons. The van der Waals surface area contributed by atoms with Crippen LogP contribution in [0.25, 0.3) is 0 Å². The predicted octanol–water partition coefficient (Wildman–Crippen LogP) is 6.73. The molecule has 2 rings (SSSR count). The molecule has 2 aromatic rings. The molecule has 0 atom stereocenters. The van der Waals surface area contributed by atoms with Crippen LogP contribution in [0.3, 0.4) is 0 Å². The number of carboxylic acids is 2. The molecular weight excluding hydrogens is 560 g/mol. The maximum atomic E-state index is 10.8. The molecule has 0 fully saturated rings. The highest BCUT2D eigenvalue weighted by atomic mass is 35.6. The molecule has 0 bridgehead atoms. The molecular formula is C18H11Cl7O6. The van der Waals surface area contributed by atoms with Crippen molar-refractivity contribution in [3.8, 4) is 11.5 Å². The maximum absolute atomic E-state index is 10.8. The summed E-state index contributed by atoms with van der Waals surface area (Å²) in [6, 6.07) is 5.24. The van der Waals surface area contributed by atoms with E-state index < -0.39 is 34.9 Å². The first kappa shape index (κ1) is 26.3. The van der Waals surface area contributed by atoms with Gasteiger partial charge in [0, 0.05) is 10.0 Å². The molecule has 0 unspecified atom stereocenters. The van der Waals surface area contributed by atoms with Crippen LogP contribution in [0.4, 0.5) is 0 Å². The number of benzene rings is 2. The number of hydrogen-bond acceptors (Lipinski definition) is 4. The minimum absolute atomic E-state index is 0.0184. The van der Waals surface area contributed by atoms with Crippen molar-refractivity contribution in [3.63, 3.8) is 0 Å². The number of carboxylic acid groups (broad SMARTS) is 2. The van der Waals surface area contributed by atoms with Gasteiger partial charge in [0.1, 0.15) is 11.5 Å². The molecule has 6 nitrogen and oxygen atoms in total. The average molecular weight is 571 g/mol. The van der Waals surface area contributed by atoms with Crippen LogP contribution in [0.5, 0.6) is 11.5 Å². The number of rotatable bonds is 8. The molecule has 0 aromatic heterocycles. The van der Waals surface area contributed by atoms with E-state index in [0.717, 1.165) is 0 Å². The molecule has 31 heavy (non-hydrogen) atoms. The summed E-state index contributed by atoms with van der Waals surface area (Å²) in [4.78, 5) is 21.7. The Kier molecular flexibility index (Phi) is 9.11. The second-order valence-corrected chi connectivity index (χ2v) is 9.95. The molecule has 2 N–H and O–H groups in total. The van der Waals surface area contributed by atoms with Gasteiger partial charge in [-0.25, -0.2) is 9.59 Å². The monoisotopic (exact) mass is 568 g/mol. The lowest BCUT2D eigenvalue weighted by molar-refractivity contribution is -0.140. The zero-order chi connectivity index (χ0) is 23.5. The molecule has 0 aliphatic carbocycles. The molecule has 0 heterocycles. The lowest BCUT2D eigenvalue weighted by atomic mass is 9.92. The summed E-state index contributed by atoms with van der Waals surface area (Å²) in [6.45, 7) is -1.35. The van der Waals surface area contributed by atoms with Crippen molar-refractivity contribution in [1.29, 1.82) is 0 Å². The third kappa shape index (κ3) is 6.99. The third-order valence-corrected chi connectivity index (χ3v) is 5.65. The minimum Gasteiger partial charge on any atom is -0.480 e. The molecule has 0 aliphatic heterocycles. The summed E-state index contributed by atoms with van der Waals surface area (Å²) in [7, 11) is 0. The highest BCUT2D eigenvalue weighted by Gasteiger charge is 2.39. The van der Waals surface area contributed by atoms with Crippen molar-refractivity contribution in [1.82, 2.24) is 0 Å². The Balaban J connectivity index is 2.65. The summed E-state index contributed by atoms with van der Waals surface area (Å²) >= 11 is 43.5. The summed E-state index contributed by atoms with van der Waals surface area (Å²) in [5, 5.41) is 17.9. The van der Waals surface area contributed by atoms with Crippen LogP contribution in [-0.2, 0) is 9.59 Å². The van der Waals surface area contributed by atoms with Crippen LogP contribution in [0.15, 0.2) is 24.3 Å². The van der Waals surface area contributed by atoms with Gasteiger partial charge in [0.05, 0.1) is 16.0 Å². The van der Waals surface area contributed by atoms with Crippen molar-refractivity contribution >= 4 is 93.1 Å². The molecule has 0 saturated heterocycles. The van der Waals surface area contributed by atoms with Gasteiger partial charge in [-0.2, -0.15) is 0 Å². The van der Waals surface area contributed by atoms with E-state index in [1.807, 2.05) is 0 Å². The Morgan fingerprint density at radius 2 is 1.10 bits per heavy atom. The van der Waals surface area contributed by atoms with Gasteiger partial charge in [-0.15, -0.1) is 0 Å². The molecule has 0 spiro atoms. The fraction of sp³-hybridized carbons (Fsp3) is 0.222. The smallest absolute Gasteiger partial charge is 0.341 e.